The quantitative estimate of drug-likeness (QED) is 0.788. The molecule has 3 rings (SSSR count). The van der Waals surface area contributed by atoms with Crippen LogP contribution in [0.2, 0.25) is 0 Å². The van der Waals surface area contributed by atoms with Crippen molar-refractivity contribution in [1.29, 1.82) is 0 Å². The van der Waals surface area contributed by atoms with Crippen LogP contribution in [-0.2, 0) is 0 Å². The molecule has 0 fully saturated rings. The Morgan fingerprint density at radius 3 is 2.85 bits per heavy atom. The molecule has 100 valence electrons. The largest absolute Gasteiger partial charge is 0.497 e. The molecule has 1 N–H and O–H groups in total. The number of fused-ring (bicyclic) bond motifs is 1. The van der Waals surface area contributed by atoms with E-state index < -0.39 is 5.97 Å². The number of methoxy groups -OCH3 is 1. The molecule has 2 aromatic heterocycles. The van der Waals surface area contributed by atoms with Crippen LogP contribution in [0.4, 0.5) is 0 Å². The van der Waals surface area contributed by atoms with Crippen molar-refractivity contribution in [2.45, 2.75) is 0 Å². The number of carboxylic acids is 1. The Labute approximate surface area is 114 Å². The molecule has 0 saturated carbocycles. The van der Waals surface area contributed by atoms with Crippen LogP contribution in [0.15, 0.2) is 43.0 Å². The predicted molar refractivity (Wildman–Crippen MR) is 72.4 cm³/mol. The van der Waals surface area contributed by atoms with E-state index in [1.165, 1.54) is 12.5 Å². The van der Waals surface area contributed by atoms with Crippen LogP contribution in [0, 0.1) is 0 Å². The van der Waals surface area contributed by atoms with Gasteiger partial charge in [-0.1, -0.05) is 6.07 Å². The highest BCUT2D eigenvalue weighted by Gasteiger charge is 2.11. The first-order valence-electron chi connectivity index (χ1n) is 5.89. The zero-order valence-electron chi connectivity index (χ0n) is 10.6. The zero-order chi connectivity index (χ0) is 14.1. The van der Waals surface area contributed by atoms with Gasteiger partial charge in [0.05, 0.1) is 7.11 Å². The Balaban J connectivity index is 2.21. The van der Waals surface area contributed by atoms with E-state index in [2.05, 4.69) is 9.97 Å². The van der Waals surface area contributed by atoms with E-state index in [-0.39, 0.29) is 5.69 Å². The van der Waals surface area contributed by atoms with E-state index in [0.717, 1.165) is 10.8 Å². The lowest BCUT2D eigenvalue weighted by Crippen LogP contribution is -1.98. The smallest absolute Gasteiger partial charge is 0.356 e. The second-order valence-corrected chi connectivity index (χ2v) is 4.19. The fourth-order valence-corrected chi connectivity index (χ4v) is 2.01. The molecule has 2 heterocycles. The summed E-state index contributed by atoms with van der Waals surface area (Å²) >= 11 is 0. The molecule has 6 heteroatoms. The van der Waals surface area contributed by atoms with Gasteiger partial charge in [-0.25, -0.2) is 14.8 Å². The summed E-state index contributed by atoms with van der Waals surface area (Å²) in [7, 11) is 1.59. The summed E-state index contributed by atoms with van der Waals surface area (Å²) in [5.74, 6) is 0.258. The number of aromatic carboxylic acids is 1. The van der Waals surface area contributed by atoms with Crippen LogP contribution in [0.3, 0.4) is 0 Å². The number of hydrogen-bond donors (Lipinski definition) is 1. The van der Waals surface area contributed by atoms with E-state index in [4.69, 9.17) is 9.84 Å². The molecule has 0 atom stereocenters. The molecule has 0 aliphatic rings. The van der Waals surface area contributed by atoms with Crippen LogP contribution in [0.5, 0.6) is 5.75 Å². The summed E-state index contributed by atoms with van der Waals surface area (Å²) in [5.41, 5.74) is -0.0216. The van der Waals surface area contributed by atoms with Crippen molar-refractivity contribution in [3.63, 3.8) is 0 Å². The van der Waals surface area contributed by atoms with Crippen LogP contribution >= 0.6 is 0 Å². The van der Waals surface area contributed by atoms with Gasteiger partial charge in [0.1, 0.15) is 17.9 Å². The third kappa shape index (κ3) is 1.97. The van der Waals surface area contributed by atoms with Gasteiger partial charge in [-0.05, 0) is 23.6 Å². The summed E-state index contributed by atoms with van der Waals surface area (Å²) in [6.45, 7) is 0. The number of carbonyl (C=O) groups is 1. The molecule has 0 unspecified atom stereocenters. The molecule has 0 bridgehead atoms. The molecule has 1 aromatic carbocycles. The number of carboxylic acid groups (broad SMARTS) is 1. The van der Waals surface area contributed by atoms with Gasteiger partial charge in [0.25, 0.3) is 0 Å². The average molecular weight is 269 g/mol. The Bertz CT molecular complexity index is 795. The number of imidazole rings is 1. The zero-order valence-corrected chi connectivity index (χ0v) is 10.6. The minimum atomic E-state index is -1.07. The maximum Gasteiger partial charge on any atom is 0.356 e. The first-order chi connectivity index (χ1) is 9.69. The molecule has 6 nitrogen and oxygen atoms in total. The first kappa shape index (κ1) is 12.2. The first-order valence-corrected chi connectivity index (χ1v) is 5.89. The van der Waals surface area contributed by atoms with Crippen molar-refractivity contribution in [2.24, 2.45) is 0 Å². The number of rotatable bonds is 3. The highest BCUT2D eigenvalue weighted by atomic mass is 16.5. The lowest BCUT2D eigenvalue weighted by molar-refractivity contribution is 0.0691. The van der Waals surface area contributed by atoms with Gasteiger partial charge >= 0.3 is 5.97 Å². The molecule has 20 heavy (non-hydrogen) atoms. The van der Waals surface area contributed by atoms with Gasteiger partial charge in [-0.15, -0.1) is 0 Å². The van der Waals surface area contributed by atoms with Gasteiger partial charge in [-0.2, -0.15) is 0 Å². The number of ether oxygens (including phenoxy) is 1. The lowest BCUT2D eigenvalue weighted by Gasteiger charge is -2.07. The molecular formula is C14H11N3O3. The number of hydrogen-bond acceptors (Lipinski definition) is 4. The molecule has 3 aromatic rings. The van der Waals surface area contributed by atoms with Crippen molar-refractivity contribution >= 4 is 16.7 Å². The van der Waals surface area contributed by atoms with Gasteiger partial charge in [-0.3, -0.25) is 4.57 Å². The van der Waals surface area contributed by atoms with Crippen LogP contribution < -0.4 is 4.74 Å². The van der Waals surface area contributed by atoms with E-state index >= 15 is 0 Å². The molecule has 0 spiro atoms. The second kappa shape index (κ2) is 4.65. The van der Waals surface area contributed by atoms with Crippen molar-refractivity contribution < 1.29 is 14.6 Å². The Kier molecular flexibility index (Phi) is 2.83. The van der Waals surface area contributed by atoms with Crippen molar-refractivity contribution in [3.8, 4) is 11.6 Å². The number of benzene rings is 1. The monoisotopic (exact) mass is 269 g/mol. The molecule has 0 aliphatic carbocycles. The highest BCUT2D eigenvalue weighted by Crippen LogP contribution is 2.25. The van der Waals surface area contributed by atoms with E-state index in [9.17, 15) is 4.79 Å². The van der Waals surface area contributed by atoms with Gasteiger partial charge < -0.3 is 9.84 Å². The van der Waals surface area contributed by atoms with Gasteiger partial charge in [0, 0.05) is 17.8 Å². The van der Waals surface area contributed by atoms with E-state index in [1.54, 1.807) is 17.9 Å². The maximum atomic E-state index is 10.9. The van der Waals surface area contributed by atoms with Crippen LogP contribution in [-0.4, -0.2) is 32.7 Å². The third-order valence-electron chi connectivity index (χ3n) is 3.00. The summed E-state index contributed by atoms with van der Waals surface area (Å²) < 4.78 is 6.80. The summed E-state index contributed by atoms with van der Waals surface area (Å²) in [6.07, 6.45) is 4.54. The van der Waals surface area contributed by atoms with E-state index in [1.807, 2.05) is 24.3 Å². The number of aromatic nitrogens is 3. The third-order valence-corrected chi connectivity index (χ3v) is 3.00. The molecule has 0 saturated heterocycles. The van der Waals surface area contributed by atoms with Gasteiger partial charge in [0.2, 0.25) is 0 Å². The van der Waals surface area contributed by atoms with Crippen LogP contribution in [0.1, 0.15) is 10.5 Å². The minimum Gasteiger partial charge on any atom is -0.497 e. The van der Waals surface area contributed by atoms with Gasteiger partial charge in [0.15, 0.2) is 5.69 Å². The van der Waals surface area contributed by atoms with E-state index in [0.29, 0.717) is 11.6 Å². The standard InChI is InChI=1S/C14H11N3O3/c1-20-10-3-2-9-4-5-15-13(11(9)6-10)17-7-12(14(18)19)16-8-17/h2-8H,1H3,(H,18,19). The van der Waals surface area contributed by atoms with Crippen molar-refractivity contribution in [3.05, 3.63) is 48.7 Å². The number of pyridine rings is 1. The summed E-state index contributed by atoms with van der Waals surface area (Å²) in [4.78, 5) is 19.0. The molecule has 0 aliphatic heterocycles. The lowest BCUT2D eigenvalue weighted by atomic mass is 10.1. The average Bonchev–Trinajstić information content (AvgIpc) is 2.96. The predicted octanol–water partition coefficient (Wildman–Crippen LogP) is 2.13. The topological polar surface area (TPSA) is 77.2 Å². The highest BCUT2D eigenvalue weighted by molar-refractivity contribution is 5.90. The van der Waals surface area contributed by atoms with Crippen LogP contribution in [0.25, 0.3) is 16.6 Å². The summed E-state index contributed by atoms with van der Waals surface area (Å²) in [6, 6.07) is 7.53. The Hall–Kier alpha value is -2.89. The van der Waals surface area contributed by atoms with Crippen molar-refractivity contribution in [1.82, 2.24) is 14.5 Å². The number of nitrogens with zero attached hydrogens (tertiary/aromatic N) is 3. The maximum absolute atomic E-state index is 10.9. The Morgan fingerprint density at radius 2 is 2.15 bits per heavy atom. The fourth-order valence-electron chi connectivity index (χ4n) is 2.01. The molecule has 0 amide bonds. The van der Waals surface area contributed by atoms with Crippen molar-refractivity contribution in [2.75, 3.05) is 7.11 Å². The SMILES string of the molecule is COc1ccc2ccnc(-n3cnc(C(=O)O)c3)c2c1. The fraction of sp³-hybridized carbons (Fsp3) is 0.0714. The second-order valence-electron chi connectivity index (χ2n) is 4.19. The molecule has 0 radical (unpaired) electrons. The minimum absolute atomic E-state index is 0.0216. The molecular weight excluding hydrogens is 258 g/mol. The summed E-state index contributed by atoms with van der Waals surface area (Å²) in [5, 5.41) is 10.8. The normalized spacial score (nSPS) is 10.7. The Morgan fingerprint density at radius 1 is 1.30 bits per heavy atom.